The van der Waals surface area contributed by atoms with Crippen molar-refractivity contribution in [3.8, 4) is 0 Å². The van der Waals surface area contributed by atoms with Gasteiger partial charge in [-0.15, -0.1) is 23.7 Å². The fourth-order valence-corrected chi connectivity index (χ4v) is 2.00. The molecule has 0 aliphatic rings. The average molecular weight is 263 g/mol. The molecule has 92 valence electrons. The van der Waals surface area contributed by atoms with Gasteiger partial charge in [-0.3, -0.25) is 4.79 Å². The Morgan fingerprint density at radius 1 is 1.44 bits per heavy atom. The summed E-state index contributed by atoms with van der Waals surface area (Å²) in [6.07, 6.45) is 2.46. The van der Waals surface area contributed by atoms with E-state index in [-0.39, 0.29) is 18.3 Å². The van der Waals surface area contributed by atoms with Crippen molar-refractivity contribution in [1.82, 2.24) is 10.6 Å². The van der Waals surface area contributed by atoms with E-state index in [9.17, 15) is 4.79 Å². The van der Waals surface area contributed by atoms with Crippen LogP contribution < -0.4 is 10.6 Å². The molecule has 0 radical (unpaired) electrons. The standard InChI is InChI=1S/C11H18N2OS.ClH/c1-12-7-2-5-11(14)13-8-6-10-4-3-9-15-10;/h3-4,9,12H,2,5-8H2,1H3,(H,13,14);1H. The fraction of sp³-hybridized carbons (Fsp3) is 0.545. The van der Waals surface area contributed by atoms with E-state index < -0.39 is 0 Å². The Bertz CT molecular complexity index is 278. The summed E-state index contributed by atoms with van der Waals surface area (Å²) in [6.45, 7) is 1.65. The molecule has 3 nitrogen and oxygen atoms in total. The van der Waals surface area contributed by atoms with Crippen molar-refractivity contribution >= 4 is 29.7 Å². The van der Waals surface area contributed by atoms with E-state index in [1.54, 1.807) is 11.3 Å². The first-order valence-corrected chi connectivity index (χ1v) is 6.14. The summed E-state index contributed by atoms with van der Waals surface area (Å²) >= 11 is 1.73. The maximum atomic E-state index is 11.3. The van der Waals surface area contributed by atoms with Crippen LogP contribution in [0.25, 0.3) is 0 Å². The molecule has 0 aliphatic heterocycles. The molecule has 0 atom stereocenters. The molecule has 1 heterocycles. The molecule has 0 saturated heterocycles. The highest BCUT2D eigenvalue weighted by Gasteiger charge is 2.00. The molecule has 5 heteroatoms. The number of hydrogen-bond donors (Lipinski definition) is 2. The summed E-state index contributed by atoms with van der Waals surface area (Å²) in [5, 5.41) is 8.00. The summed E-state index contributed by atoms with van der Waals surface area (Å²) in [6, 6.07) is 4.13. The van der Waals surface area contributed by atoms with Crippen molar-refractivity contribution in [2.45, 2.75) is 19.3 Å². The molecule has 0 unspecified atom stereocenters. The molecule has 1 amide bonds. The number of rotatable bonds is 7. The second-order valence-electron chi connectivity index (χ2n) is 3.39. The zero-order valence-electron chi connectivity index (χ0n) is 9.49. The highest BCUT2D eigenvalue weighted by molar-refractivity contribution is 7.09. The Labute approximate surface area is 107 Å². The van der Waals surface area contributed by atoms with Crippen LogP contribution in [0.5, 0.6) is 0 Å². The van der Waals surface area contributed by atoms with Gasteiger partial charge in [-0.1, -0.05) is 6.07 Å². The first kappa shape index (κ1) is 15.4. The second kappa shape index (κ2) is 9.63. The van der Waals surface area contributed by atoms with Crippen molar-refractivity contribution in [2.24, 2.45) is 0 Å². The Hall–Kier alpha value is -0.580. The number of thiophene rings is 1. The number of carbonyl (C=O) groups excluding carboxylic acids is 1. The molecule has 0 fully saturated rings. The van der Waals surface area contributed by atoms with Crippen LogP contribution in [-0.4, -0.2) is 26.0 Å². The second-order valence-corrected chi connectivity index (χ2v) is 4.42. The van der Waals surface area contributed by atoms with Gasteiger partial charge in [0.2, 0.25) is 5.91 Å². The molecule has 16 heavy (non-hydrogen) atoms. The maximum Gasteiger partial charge on any atom is 0.220 e. The van der Waals surface area contributed by atoms with Crippen LogP contribution >= 0.6 is 23.7 Å². The number of hydrogen-bond acceptors (Lipinski definition) is 3. The molecule has 1 aromatic rings. The summed E-state index contributed by atoms with van der Waals surface area (Å²) in [4.78, 5) is 12.6. The van der Waals surface area contributed by atoms with E-state index in [1.807, 2.05) is 13.1 Å². The topological polar surface area (TPSA) is 41.1 Å². The normalized spacial score (nSPS) is 9.56. The fourth-order valence-electron chi connectivity index (χ4n) is 1.29. The third-order valence-electron chi connectivity index (χ3n) is 2.10. The molecule has 0 saturated carbocycles. The number of halogens is 1. The van der Waals surface area contributed by atoms with Gasteiger partial charge in [0.15, 0.2) is 0 Å². The predicted octanol–water partition coefficient (Wildman–Crippen LogP) is 1.83. The van der Waals surface area contributed by atoms with Gasteiger partial charge in [0.1, 0.15) is 0 Å². The largest absolute Gasteiger partial charge is 0.356 e. The molecule has 0 aromatic carbocycles. The lowest BCUT2D eigenvalue weighted by Gasteiger charge is -2.03. The summed E-state index contributed by atoms with van der Waals surface area (Å²) in [7, 11) is 1.90. The Balaban J connectivity index is 0.00000225. The van der Waals surface area contributed by atoms with Gasteiger partial charge < -0.3 is 10.6 Å². The van der Waals surface area contributed by atoms with Gasteiger partial charge in [-0.2, -0.15) is 0 Å². The van der Waals surface area contributed by atoms with Crippen LogP contribution in [0.15, 0.2) is 17.5 Å². The molecule has 0 spiro atoms. The van der Waals surface area contributed by atoms with Crippen LogP contribution in [-0.2, 0) is 11.2 Å². The lowest BCUT2D eigenvalue weighted by Crippen LogP contribution is -2.26. The third kappa shape index (κ3) is 6.82. The molecule has 1 rings (SSSR count). The Morgan fingerprint density at radius 2 is 2.25 bits per heavy atom. The van der Waals surface area contributed by atoms with Crippen LogP contribution in [0.3, 0.4) is 0 Å². The third-order valence-corrected chi connectivity index (χ3v) is 3.04. The number of carbonyl (C=O) groups is 1. The van der Waals surface area contributed by atoms with Crippen molar-refractivity contribution in [3.63, 3.8) is 0 Å². The molecular formula is C11H19ClN2OS. The van der Waals surface area contributed by atoms with Crippen LogP contribution in [0.4, 0.5) is 0 Å². The van der Waals surface area contributed by atoms with Gasteiger partial charge >= 0.3 is 0 Å². The lowest BCUT2D eigenvalue weighted by atomic mass is 10.3. The van der Waals surface area contributed by atoms with Crippen LogP contribution in [0.1, 0.15) is 17.7 Å². The minimum absolute atomic E-state index is 0. The zero-order chi connectivity index (χ0) is 10.9. The van der Waals surface area contributed by atoms with Crippen molar-refractivity contribution in [3.05, 3.63) is 22.4 Å². The molecule has 2 N–H and O–H groups in total. The van der Waals surface area contributed by atoms with Crippen LogP contribution in [0, 0.1) is 0 Å². The van der Waals surface area contributed by atoms with E-state index >= 15 is 0 Å². The first-order valence-electron chi connectivity index (χ1n) is 5.26. The first-order chi connectivity index (χ1) is 7.33. The van der Waals surface area contributed by atoms with Crippen molar-refractivity contribution in [1.29, 1.82) is 0 Å². The molecular weight excluding hydrogens is 244 g/mol. The molecule has 0 aliphatic carbocycles. The average Bonchev–Trinajstić information content (AvgIpc) is 2.71. The van der Waals surface area contributed by atoms with Gasteiger partial charge in [0.05, 0.1) is 0 Å². The number of amides is 1. The Morgan fingerprint density at radius 3 is 2.88 bits per heavy atom. The lowest BCUT2D eigenvalue weighted by molar-refractivity contribution is -0.121. The van der Waals surface area contributed by atoms with Crippen molar-refractivity contribution < 1.29 is 4.79 Å². The molecule has 0 bridgehead atoms. The summed E-state index contributed by atoms with van der Waals surface area (Å²) in [5.41, 5.74) is 0. The van der Waals surface area contributed by atoms with E-state index in [0.717, 1.165) is 25.9 Å². The monoisotopic (exact) mass is 262 g/mol. The Kier molecular flexibility index (Phi) is 9.28. The maximum absolute atomic E-state index is 11.3. The minimum Gasteiger partial charge on any atom is -0.356 e. The van der Waals surface area contributed by atoms with E-state index in [4.69, 9.17) is 0 Å². The highest BCUT2D eigenvalue weighted by atomic mass is 35.5. The van der Waals surface area contributed by atoms with Crippen molar-refractivity contribution in [2.75, 3.05) is 20.1 Å². The van der Waals surface area contributed by atoms with Gasteiger partial charge in [0, 0.05) is 17.8 Å². The van der Waals surface area contributed by atoms with E-state index in [1.165, 1.54) is 4.88 Å². The molecule has 1 aromatic heterocycles. The summed E-state index contributed by atoms with van der Waals surface area (Å²) in [5.74, 6) is 0.154. The zero-order valence-corrected chi connectivity index (χ0v) is 11.1. The SMILES string of the molecule is CNCCCC(=O)NCCc1cccs1.Cl. The van der Waals surface area contributed by atoms with Gasteiger partial charge in [-0.25, -0.2) is 0 Å². The highest BCUT2D eigenvalue weighted by Crippen LogP contribution is 2.07. The van der Waals surface area contributed by atoms with E-state index in [2.05, 4.69) is 22.1 Å². The van der Waals surface area contributed by atoms with Gasteiger partial charge in [-0.05, 0) is 37.9 Å². The smallest absolute Gasteiger partial charge is 0.220 e. The quantitative estimate of drug-likeness (QED) is 0.736. The predicted molar refractivity (Wildman–Crippen MR) is 71.4 cm³/mol. The van der Waals surface area contributed by atoms with E-state index in [0.29, 0.717) is 6.42 Å². The van der Waals surface area contributed by atoms with Crippen LogP contribution in [0.2, 0.25) is 0 Å². The number of nitrogens with one attached hydrogen (secondary N) is 2. The van der Waals surface area contributed by atoms with Gasteiger partial charge in [0.25, 0.3) is 0 Å². The summed E-state index contributed by atoms with van der Waals surface area (Å²) < 4.78 is 0. The minimum atomic E-state index is 0.